The van der Waals surface area contributed by atoms with E-state index in [1.807, 2.05) is 13.8 Å². The van der Waals surface area contributed by atoms with E-state index in [-0.39, 0.29) is 12.8 Å². The minimum Gasteiger partial charge on any atom is -0.480 e. The Morgan fingerprint density at radius 2 is 1.75 bits per heavy atom. The molecule has 0 rings (SSSR count). The molecule has 0 aliphatic carbocycles. The smallest absolute Gasteiger partial charge is 0.321 e. The molecule has 0 bridgehead atoms. The van der Waals surface area contributed by atoms with Crippen LogP contribution in [0.5, 0.6) is 0 Å². The van der Waals surface area contributed by atoms with Gasteiger partial charge in [-0.15, -0.1) is 0 Å². The van der Waals surface area contributed by atoms with Gasteiger partial charge in [-0.1, -0.05) is 13.8 Å². The Morgan fingerprint density at radius 1 is 1.25 bits per heavy atom. The lowest BCUT2D eigenvalue weighted by molar-refractivity contribution is -0.139. The van der Waals surface area contributed by atoms with Crippen LogP contribution in [0.3, 0.4) is 0 Å². The molecule has 0 radical (unpaired) electrons. The Kier molecular flexibility index (Phi) is 8.35. The molecule has 0 saturated heterocycles. The fraction of sp³-hybridized carbons (Fsp3) is 0.818. The topological polar surface area (TPSA) is 130 Å². The minimum absolute atomic E-state index is 0.171. The fourth-order valence-corrected chi connectivity index (χ4v) is 3.20. The Labute approximate surface area is 119 Å². The van der Waals surface area contributed by atoms with Crippen molar-refractivity contribution in [3.63, 3.8) is 0 Å². The number of carboxylic acids is 1. The molecule has 0 fully saturated rings. The Hall–Kier alpha value is -1.19. The van der Waals surface area contributed by atoms with E-state index in [2.05, 4.69) is 4.72 Å². The zero-order chi connectivity index (χ0) is 15.8. The first-order valence-electron chi connectivity index (χ1n) is 6.53. The highest BCUT2D eigenvalue weighted by Gasteiger charge is 2.28. The number of amides is 1. The van der Waals surface area contributed by atoms with E-state index in [1.54, 1.807) is 0 Å². The lowest BCUT2D eigenvalue weighted by atomic mass is 10.2. The van der Waals surface area contributed by atoms with Gasteiger partial charge in [-0.05, 0) is 19.3 Å². The summed E-state index contributed by atoms with van der Waals surface area (Å²) in [6.07, 6.45) is 0.886. The second-order valence-electron chi connectivity index (χ2n) is 4.42. The lowest BCUT2D eigenvalue weighted by Gasteiger charge is -2.23. The molecule has 20 heavy (non-hydrogen) atoms. The van der Waals surface area contributed by atoms with Gasteiger partial charge in [0.15, 0.2) is 0 Å². The molecule has 1 amide bonds. The van der Waals surface area contributed by atoms with Crippen molar-refractivity contribution in [2.45, 2.75) is 45.6 Å². The number of rotatable bonds is 11. The number of nitrogens with zero attached hydrogens (tertiary/aromatic N) is 1. The summed E-state index contributed by atoms with van der Waals surface area (Å²) in [5, 5.41) is 8.99. The summed E-state index contributed by atoms with van der Waals surface area (Å²) in [5.41, 5.74) is 4.94. The number of hydrogen-bond acceptors (Lipinski definition) is 4. The van der Waals surface area contributed by atoms with Crippen LogP contribution in [0.25, 0.3) is 0 Å². The van der Waals surface area contributed by atoms with Gasteiger partial charge in [0.25, 0.3) is 10.2 Å². The Bertz CT molecular complexity index is 418. The first-order chi connectivity index (χ1) is 9.24. The van der Waals surface area contributed by atoms with Crippen LogP contribution in [-0.4, -0.2) is 48.8 Å². The van der Waals surface area contributed by atoms with Crippen molar-refractivity contribution >= 4 is 22.1 Å². The van der Waals surface area contributed by atoms with Crippen LogP contribution >= 0.6 is 0 Å². The number of aliphatic carboxylic acids is 1. The molecule has 118 valence electrons. The van der Waals surface area contributed by atoms with E-state index in [1.165, 1.54) is 4.31 Å². The molecule has 8 nitrogen and oxygen atoms in total. The van der Waals surface area contributed by atoms with Gasteiger partial charge in [-0.3, -0.25) is 9.59 Å². The summed E-state index contributed by atoms with van der Waals surface area (Å²) in [4.78, 5) is 21.7. The molecule has 0 aromatic rings. The number of carbonyl (C=O) groups is 2. The summed E-state index contributed by atoms with van der Waals surface area (Å²) in [6, 6.07) is -1.36. The number of primary amides is 1. The SMILES string of the molecule is CCCN(CCC)S(=O)(=O)N[C@H](CCC(N)=O)C(=O)O. The summed E-state index contributed by atoms with van der Waals surface area (Å²) >= 11 is 0. The maximum Gasteiger partial charge on any atom is 0.321 e. The molecule has 0 saturated carbocycles. The van der Waals surface area contributed by atoms with Gasteiger partial charge in [0.2, 0.25) is 5.91 Å². The predicted octanol–water partition coefficient (Wildman–Crippen LogP) is -0.338. The van der Waals surface area contributed by atoms with Crippen LogP contribution in [0.1, 0.15) is 39.5 Å². The summed E-state index contributed by atoms with van der Waals surface area (Å²) in [5.74, 6) is -2.00. The van der Waals surface area contributed by atoms with Crippen LogP contribution in [0.15, 0.2) is 0 Å². The van der Waals surface area contributed by atoms with Crippen molar-refractivity contribution in [2.24, 2.45) is 5.73 Å². The molecule has 0 aliphatic heterocycles. The van der Waals surface area contributed by atoms with Crippen LogP contribution in [-0.2, 0) is 19.8 Å². The third-order valence-electron chi connectivity index (χ3n) is 2.55. The van der Waals surface area contributed by atoms with Gasteiger partial charge < -0.3 is 10.8 Å². The maximum absolute atomic E-state index is 12.1. The molecule has 0 heterocycles. The number of carboxylic acid groups (broad SMARTS) is 1. The maximum atomic E-state index is 12.1. The van der Waals surface area contributed by atoms with Crippen LogP contribution in [0.4, 0.5) is 0 Å². The average Bonchev–Trinajstić information content (AvgIpc) is 2.33. The van der Waals surface area contributed by atoms with E-state index in [0.29, 0.717) is 25.9 Å². The standard InChI is InChI=1S/C11H23N3O5S/c1-3-7-14(8-4-2)20(18,19)13-9(11(16)17)5-6-10(12)15/h9,13H,3-8H2,1-2H3,(H2,12,15)(H,16,17)/t9-/m1/s1. The van der Waals surface area contributed by atoms with Gasteiger partial charge >= 0.3 is 5.97 Å². The average molecular weight is 309 g/mol. The zero-order valence-corrected chi connectivity index (χ0v) is 12.6. The van der Waals surface area contributed by atoms with Crippen molar-refractivity contribution < 1.29 is 23.1 Å². The molecule has 0 aromatic heterocycles. The van der Waals surface area contributed by atoms with E-state index in [9.17, 15) is 18.0 Å². The van der Waals surface area contributed by atoms with Gasteiger partial charge in [0.1, 0.15) is 6.04 Å². The fourth-order valence-electron chi connectivity index (χ4n) is 1.62. The highest BCUT2D eigenvalue weighted by atomic mass is 32.2. The van der Waals surface area contributed by atoms with Crippen LogP contribution in [0.2, 0.25) is 0 Å². The lowest BCUT2D eigenvalue weighted by Crippen LogP contribution is -2.49. The van der Waals surface area contributed by atoms with Crippen molar-refractivity contribution in [3.8, 4) is 0 Å². The molecular weight excluding hydrogens is 286 g/mol. The zero-order valence-electron chi connectivity index (χ0n) is 11.8. The van der Waals surface area contributed by atoms with Crippen molar-refractivity contribution in [1.29, 1.82) is 0 Å². The normalized spacial score (nSPS) is 13.3. The predicted molar refractivity (Wildman–Crippen MR) is 74.1 cm³/mol. The summed E-state index contributed by atoms with van der Waals surface area (Å²) in [6.45, 7) is 4.29. The van der Waals surface area contributed by atoms with Gasteiger partial charge in [0.05, 0.1) is 0 Å². The highest BCUT2D eigenvalue weighted by Crippen LogP contribution is 2.06. The molecule has 0 unspecified atom stereocenters. The largest absolute Gasteiger partial charge is 0.480 e. The van der Waals surface area contributed by atoms with Gasteiger partial charge in [0, 0.05) is 19.5 Å². The number of hydrogen-bond donors (Lipinski definition) is 3. The van der Waals surface area contributed by atoms with Crippen molar-refractivity contribution in [1.82, 2.24) is 9.03 Å². The minimum atomic E-state index is -3.89. The Balaban J connectivity index is 4.88. The molecule has 1 atom stereocenters. The molecule has 0 aliphatic rings. The molecule has 0 spiro atoms. The molecule has 9 heteroatoms. The third-order valence-corrected chi connectivity index (χ3v) is 4.18. The van der Waals surface area contributed by atoms with Crippen LogP contribution in [0, 0.1) is 0 Å². The first-order valence-corrected chi connectivity index (χ1v) is 7.97. The van der Waals surface area contributed by atoms with Gasteiger partial charge in [-0.25, -0.2) is 0 Å². The molecule has 0 aromatic carbocycles. The third kappa shape index (κ3) is 6.83. The van der Waals surface area contributed by atoms with Gasteiger partial charge in [-0.2, -0.15) is 17.4 Å². The van der Waals surface area contributed by atoms with E-state index in [0.717, 1.165) is 0 Å². The summed E-state index contributed by atoms with van der Waals surface area (Å²) in [7, 11) is -3.89. The Morgan fingerprint density at radius 3 is 2.10 bits per heavy atom. The van der Waals surface area contributed by atoms with Crippen LogP contribution < -0.4 is 10.5 Å². The highest BCUT2D eigenvalue weighted by molar-refractivity contribution is 7.87. The number of nitrogens with one attached hydrogen (secondary N) is 1. The summed E-state index contributed by atoms with van der Waals surface area (Å²) < 4.78 is 27.5. The molecular formula is C11H23N3O5S. The first kappa shape index (κ1) is 18.8. The second kappa shape index (κ2) is 8.88. The van der Waals surface area contributed by atoms with Crippen molar-refractivity contribution in [2.75, 3.05) is 13.1 Å². The van der Waals surface area contributed by atoms with E-state index >= 15 is 0 Å². The van der Waals surface area contributed by atoms with E-state index in [4.69, 9.17) is 10.8 Å². The van der Waals surface area contributed by atoms with Crippen molar-refractivity contribution in [3.05, 3.63) is 0 Å². The second-order valence-corrected chi connectivity index (χ2v) is 6.12. The number of nitrogens with two attached hydrogens (primary N) is 1. The number of carbonyl (C=O) groups excluding carboxylic acids is 1. The quantitative estimate of drug-likeness (QED) is 0.481. The molecule has 4 N–H and O–H groups in total. The van der Waals surface area contributed by atoms with E-state index < -0.39 is 28.1 Å². The monoisotopic (exact) mass is 309 g/mol.